The van der Waals surface area contributed by atoms with Gasteiger partial charge >= 0.3 is 5.97 Å². The van der Waals surface area contributed by atoms with Crippen molar-refractivity contribution < 1.29 is 14.6 Å². The van der Waals surface area contributed by atoms with Crippen molar-refractivity contribution in [2.75, 3.05) is 13.2 Å². The average molecular weight is 401 g/mol. The van der Waals surface area contributed by atoms with Crippen molar-refractivity contribution in [2.45, 2.75) is 89.9 Å². The smallest absolute Gasteiger partial charge is 0.333 e. The van der Waals surface area contributed by atoms with Crippen LogP contribution in [-0.4, -0.2) is 24.3 Å². The summed E-state index contributed by atoms with van der Waals surface area (Å²) in [6.07, 6.45) is 12.3. The third kappa shape index (κ3) is 7.97. The maximum atomic E-state index is 11.6. The van der Waals surface area contributed by atoms with E-state index in [1.54, 1.807) is 6.92 Å². The van der Waals surface area contributed by atoms with Gasteiger partial charge in [0.25, 0.3) is 0 Å². The zero-order valence-corrected chi connectivity index (χ0v) is 18.5. The van der Waals surface area contributed by atoms with Crippen LogP contribution in [0.2, 0.25) is 0 Å². The number of benzene rings is 1. The molecule has 1 atom stereocenters. The highest BCUT2D eigenvalue weighted by molar-refractivity contribution is 5.86. The molecule has 162 valence electrons. The molecule has 3 nitrogen and oxygen atoms in total. The first kappa shape index (κ1) is 23.7. The fourth-order valence-corrected chi connectivity index (χ4v) is 4.56. The minimum Gasteiger partial charge on any atom is -0.462 e. The molecule has 29 heavy (non-hydrogen) atoms. The van der Waals surface area contributed by atoms with Crippen molar-refractivity contribution in [2.24, 2.45) is 5.92 Å². The summed E-state index contributed by atoms with van der Waals surface area (Å²) in [4.78, 5) is 11.6. The second kappa shape index (κ2) is 12.8. The molecule has 1 unspecified atom stereocenters. The molecule has 2 rings (SSSR count). The third-order valence-corrected chi connectivity index (χ3v) is 6.47. The van der Waals surface area contributed by atoms with Crippen molar-refractivity contribution >= 4 is 5.97 Å². The molecule has 0 spiro atoms. The molecule has 0 amide bonds. The highest BCUT2D eigenvalue weighted by atomic mass is 16.5. The Labute approximate surface area is 177 Å². The minimum absolute atomic E-state index is 0.142. The number of aliphatic hydroxyl groups excluding tert-OH is 1. The predicted molar refractivity (Wildman–Crippen MR) is 120 cm³/mol. The summed E-state index contributed by atoms with van der Waals surface area (Å²) < 4.78 is 5.25. The zero-order valence-electron chi connectivity index (χ0n) is 18.5. The van der Waals surface area contributed by atoms with Crippen LogP contribution in [0.15, 0.2) is 36.4 Å². The number of hydrogen-bond acceptors (Lipinski definition) is 3. The summed E-state index contributed by atoms with van der Waals surface area (Å²) >= 11 is 0. The third-order valence-electron chi connectivity index (χ3n) is 6.47. The molecule has 0 aromatic heterocycles. The molecule has 1 saturated carbocycles. The quantitative estimate of drug-likeness (QED) is 0.247. The fourth-order valence-electron chi connectivity index (χ4n) is 4.56. The molecule has 1 fully saturated rings. The Kier molecular flexibility index (Phi) is 10.5. The van der Waals surface area contributed by atoms with Crippen LogP contribution in [0.25, 0.3) is 0 Å². The first-order valence-electron chi connectivity index (χ1n) is 11.6. The van der Waals surface area contributed by atoms with Crippen molar-refractivity contribution in [3.05, 3.63) is 47.5 Å². The molecular formula is C26H40O3. The number of esters is 1. The number of aliphatic hydroxyl groups is 1. The van der Waals surface area contributed by atoms with Gasteiger partial charge in [0.2, 0.25) is 0 Å². The number of carbonyl (C=O) groups is 1. The minimum atomic E-state index is -0.339. The van der Waals surface area contributed by atoms with E-state index < -0.39 is 0 Å². The van der Waals surface area contributed by atoms with Crippen LogP contribution in [0.4, 0.5) is 0 Å². The van der Waals surface area contributed by atoms with Crippen molar-refractivity contribution in [1.29, 1.82) is 0 Å². The number of ether oxygens (including phenoxy) is 1. The Morgan fingerprint density at radius 3 is 2.41 bits per heavy atom. The first-order chi connectivity index (χ1) is 14.0. The normalized spacial score (nSPS) is 20.2. The Bertz CT molecular complexity index is 611. The largest absolute Gasteiger partial charge is 0.462 e. The van der Waals surface area contributed by atoms with Gasteiger partial charge in [-0.3, -0.25) is 0 Å². The topological polar surface area (TPSA) is 46.5 Å². The Morgan fingerprint density at radius 2 is 1.83 bits per heavy atom. The van der Waals surface area contributed by atoms with Crippen LogP contribution >= 0.6 is 0 Å². The van der Waals surface area contributed by atoms with Gasteiger partial charge in [0.05, 0.1) is 6.61 Å². The van der Waals surface area contributed by atoms with Gasteiger partial charge in [-0.25, -0.2) is 4.79 Å². The van der Waals surface area contributed by atoms with Crippen LogP contribution in [0.5, 0.6) is 0 Å². The maximum absolute atomic E-state index is 11.6. The molecule has 0 heterocycles. The number of hydrogen-bond donors (Lipinski definition) is 1. The van der Waals surface area contributed by atoms with Crippen molar-refractivity contribution in [1.82, 2.24) is 0 Å². The van der Waals surface area contributed by atoms with Gasteiger partial charge in [0.15, 0.2) is 0 Å². The summed E-state index contributed by atoms with van der Waals surface area (Å²) in [6.45, 7) is 8.05. The molecule has 0 radical (unpaired) electrons. The van der Waals surface area contributed by atoms with Gasteiger partial charge in [-0.05, 0) is 74.3 Å². The van der Waals surface area contributed by atoms with E-state index in [4.69, 9.17) is 4.74 Å². The SMILES string of the molecule is C=C(C)C(=O)OCCC(CCO)c1ccc(C2CCC(CCCCC)CC2)cc1. The van der Waals surface area contributed by atoms with E-state index in [-0.39, 0.29) is 18.5 Å². The van der Waals surface area contributed by atoms with E-state index in [1.807, 2.05) is 0 Å². The summed E-state index contributed by atoms with van der Waals surface area (Å²) in [5.41, 5.74) is 3.10. The van der Waals surface area contributed by atoms with E-state index >= 15 is 0 Å². The van der Waals surface area contributed by atoms with Gasteiger partial charge in [-0.2, -0.15) is 0 Å². The van der Waals surface area contributed by atoms with Crippen molar-refractivity contribution in [3.8, 4) is 0 Å². The molecule has 1 aliphatic rings. The van der Waals surface area contributed by atoms with Crippen LogP contribution in [0.1, 0.15) is 101 Å². The fraction of sp³-hybridized carbons (Fsp3) is 0.654. The average Bonchev–Trinajstić information content (AvgIpc) is 2.74. The number of unbranched alkanes of at least 4 members (excludes halogenated alkanes) is 2. The molecule has 1 aromatic carbocycles. The van der Waals surface area contributed by atoms with Gasteiger partial charge in [0, 0.05) is 12.2 Å². The Hall–Kier alpha value is -1.61. The van der Waals surface area contributed by atoms with E-state index in [9.17, 15) is 9.90 Å². The van der Waals surface area contributed by atoms with E-state index in [0.29, 0.717) is 24.5 Å². The first-order valence-corrected chi connectivity index (χ1v) is 11.6. The van der Waals surface area contributed by atoms with E-state index in [2.05, 4.69) is 37.8 Å². The van der Waals surface area contributed by atoms with Crippen LogP contribution in [0, 0.1) is 5.92 Å². The monoisotopic (exact) mass is 400 g/mol. The Balaban J connectivity index is 1.85. The summed E-state index contributed by atoms with van der Waals surface area (Å²) in [6, 6.07) is 8.98. The predicted octanol–water partition coefficient (Wildman–Crippen LogP) is 6.52. The van der Waals surface area contributed by atoms with Crippen LogP contribution < -0.4 is 0 Å². The van der Waals surface area contributed by atoms with Gasteiger partial charge in [-0.15, -0.1) is 0 Å². The van der Waals surface area contributed by atoms with Gasteiger partial charge in [0.1, 0.15) is 0 Å². The van der Waals surface area contributed by atoms with Crippen LogP contribution in [0.3, 0.4) is 0 Å². The molecule has 3 heteroatoms. The van der Waals surface area contributed by atoms with E-state index in [0.717, 1.165) is 12.3 Å². The Morgan fingerprint density at radius 1 is 1.14 bits per heavy atom. The van der Waals surface area contributed by atoms with Crippen LogP contribution in [-0.2, 0) is 9.53 Å². The summed E-state index contributed by atoms with van der Waals surface area (Å²) in [7, 11) is 0. The van der Waals surface area contributed by atoms with Gasteiger partial charge in [-0.1, -0.05) is 63.5 Å². The standard InChI is InChI=1S/C26H40O3/c1-4-5-6-7-21-8-10-22(11-9-21)23-12-14-24(15-13-23)25(16-18-27)17-19-29-26(28)20(2)3/h12-15,21-22,25,27H,2,4-11,16-19H2,1,3H3. The highest BCUT2D eigenvalue weighted by Gasteiger charge is 2.22. The lowest BCUT2D eigenvalue weighted by Gasteiger charge is -2.29. The zero-order chi connectivity index (χ0) is 21.1. The lowest BCUT2D eigenvalue weighted by Crippen LogP contribution is -2.14. The molecule has 0 saturated heterocycles. The molecule has 0 bridgehead atoms. The summed E-state index contributed by atoms with van der Waals surface area (Å²) in [5, 5.41) is 9.43. The molecule has 1 aromatic rings. The molecule has 0 aliphatic heterocycles. The number of carbonyl (C=O) groups excluding carboxylic acids is 1. The van der Waals surface area contributed by atoms with Gasteiger partial charge < -0.3 is 9.84 Å². The molecule has 1 N–H and O–H groups in total. The molecule has 1 aliphatic carbocycles. The summed E-state index contributed by atoms with van der Waals surface area (Å²) in [5.74, 6) is 1.50. The number of rotatable bonds is 12. The lowest BCUT2D eigenvalue weighted by atomic mass is 9.76. The van der Waals surface area contributed by atoms with Crippen molar-refractivity contribution in [3.63, 3.8) is 0 Å². The maximum Gasteiger partial charge on any atom is 0.333 e. The highest BCUT2D eigenvalue weighted by Crippen LogP contribution is 2.38. The second-order valence-corrected chi connectivity index (χ2v) is 8.79. The van der Waals surface area contributed by atoms with E-state index in [1.165, 1.54) is 62.5 Å². The lowest BCUT2D eigenvalue weighted by molar-refractivity contribution is -0.139. The second-order valence-electron chi connectivity index (χ2n) is 8.79. The molecular weight excluding hydrogens is 360 g/mol.